The molecule has 0 unspecified atom stereocenters. The van der Waals surface area contributed by atoms with Crippen molar-refractivity contribution in [3.05, 3.63) is 65.5 Å². The van der Waals surface area contributed by atoms with Gasteiger partial charge in [-0.25, -0.2) is 26.3 Å². The molecule has 2 aromatic carbocycles. The third kappa shape index (κ3) is 3.25. The van der Waals surface area contributed by atoms with E-state index in [4.69, 9.17) is 0 Å². The summed E-state index contributed by atoms with van der Waals surface area (Å²) in [5.41, 5.74) is 0.443. The quantitative estimate of drug-likeness (QED) is 0.908. The van der Waals surface area contributed by atoms with Crippen LogP contribution in [0.1, 0.15) is 18.4 Å². The van der Waals surface area contributed by atoms with Crippen LogP contribution in [-0.4, -0.2) is 15.0 Å². The van der Waals surface area contributed by atoms with E-state index in [0.29, 0.717) is 6.07 Å². The minimum atomic E-state index is -4.08. The smallest absolute Gasteiger partial charge is 0.210 e. The van der Waals surface area contributed by atoms with Crippen LogP contribution in [-0.2, 0) is 15.4 Å². The van der Waals surface area contributed by atoms with Gasteiger partial charge in [-0.1, -0.05) is 12.1 Å². The van der Waals surface area contributed by atoms with Gasteiger partial charge in [-0.2, -0.15) is 0 Å². The third-order valence-corrected chi connectivity index (χ3v) is 5.53. The van der Waals surface area contributed by atoms with Crippen molar-refractivity contribution in [2.75, 3.05) is 6.54 Å². The fourth-order valence-electron chi connectivity index (χ4n) is 2.53. The van der Waals surface area contributed by atoms with Crippen molar-refractivity contribution in [2.45, 2.75) is 23.2 Å². The molecule has 0 heterocycles. The molecule has 122 valence electrons. The topological polar surface area (TPSA) is 46.2 Å². The summed E-state index contributed by atoms with van der Waals surface area (Å²) in [6.07, 6.45) is 1.51. The SMILES string of the molecule is O=S(=O)(NCC1(c2ccc(F)cc2)CC1)c1ccc(F)cc1F. The standard InChI is InChI=1S/C16H14F3NO2S/c17-12-3-1-11(2-4-12)16(7-8-16)10-20-23(21,22)15-6-5-13(18)9-14(15)19/h1-6,9,20H,7-8,10H2. The second kappa shape index (κ2) is 5.65. The molecule has 0 aliphatic heterocycles. The molecule has 2 aromatic rings. The summed E-state index contributed by atoms with van der Waals surface area (Å²) in [5, 5.41) is 0. The lowest BCUT2D eigenvalue weighted by molar-refractivity contribution is 0.537. The van der Waals surface area contributed by atoms with Gasteiger partial charge in [0, 0.05) is 18.0 Å². The molecule has 1 saturated carbocycles. The number of benzene rings is 2. The second-order valence-electron chi connectivity index (χ2n) is 5.69. The average Bonchev–Trinajstić information content (AvgIpc) is 3.27. The molecule has 1 aliphatic carbocycles. The molecular formula is C16H14F3NO2S. The normalized spacial score (nSPS) is 16.3. The van der Waals surface area contributed by atoms with Crippen LogP contribution < -0.4 is 4.72 Å². The number of hydrogen-bond donors (Lipinski definition) is 1. The molecule has 0 aromatic heterocycles. The number of sulfonamides is 1. The maximum atomic E-state index is 13.6. The molecule has 0 bridgehead atoms. The predicted molar refractivity (Wildman–Crippen MR) is 78.9 cm³/mol. The summed E-state index contributed by atoms with van der Waals surface area (Å²) in [5.74, 6) is -2.34. The lowest BCUT2D eigenvalue weighted by Gasteiger charge is -2.17. The van der Waals surface area contributed by atoms with E-state index in [-0.39, 0.29) is 12.4 Å². The molecule has 0 radical (unpaired) electrons. The van der Waals surface area contributed by atoms with Gasteiger partial charge in [-0.05, 0) is 42.7 Å². The van der Waals surface area contributed by atoms with E-state index >= 15 is 0 Å². The van der Waals surface area contributed by atoms with Crippen LogP contribution in [0.4, 0.5) is 13.2 Å². The van der Waals surface area contributed by atoms with Crippen molar-refractivity contribution in [1.82, 2.24) is 4.72 Å². The average molecular weight is 341 g/mol. The van der Waals surface area contributed by atoms with Crippen molar-refractivity contribution in [3.8, 4) is 0 Å². The Bertz CT molecular complexity index is 831. The van der Waals surface area contributed by atoms with Gasteiger partial charge in [0.05, 0.1) is 0 Å². The van der Waals surface area contributed by atoms with Gasteiger partial charge < -0.3 is 0 Å². The summed E-state index contributed by atoms with van der Waals surface area (Å²) in [4.78, 5) is -0.589. The molecule has 0 saturated heterocycles. The Labute approximate surface area is 132 Å². The molecule has 1 fully saturated rings. The van der Waals surface area contributed by atoms with Crippen molar-refractivity contribution in [2.24, 2.45) is 0 Å². The number of halogens is 3. The highest BCUT2D eigenvalue weighted by Crippen LogP contribution is 2.47. The number of rotatable bonds is 5. The van der Waals surface area contributed by atoms with Crippen LogP contribution in [0.25, 0.3) is 0 Å². The lowest BCUT2D eigenvalue weighted by atomic mass is 9.96. The summed E-state index contributed by atoms with van der Waals surface area (Å²) in [6.45, 7) is 0.0811. The molecule has 3 nitrogen and oxygen atoms in total. The van der Waals surface area contributed by atoms with E-state index in [1.807, 2.05) is 0 Å². The Morgan fingerprint density at radius 1 is 0.957 bits per heavy atom. The zero-order valence-corrected chi connectivity index (χ0v) is 12.8. The Morgan fingerprint density at radius 2 is 1.57 bits per heavy atom. The fraction of sp³-hybridized carbons (Fsp3) is 0.250. The van der Waals surface area contributed by atoms with Crippen LogP contribution in [0.2, 0.25) is 0 Å². The molecule has 0 spiro atoms. The molecule has 1 aliphatic rings. The number of hydrogen-bond acceptors (Lipinski definition) is 2. The molecule has 7 heteroatoms. The zero-order valence-electron chi connectivity index (χ0n) is 12.0. The Hall–Kier alpha value is -1.86. The molecule has 1 N–H and O–H groups in total. The monoisotopic (exact) mass is 341 g/mol. The lowest BCUT2D eigenvalue weighted by Crippen LogP contribution is -2.32. The van der Waals surface area contributed by atoms with Gasteiger partial charge >= 0.3 is 0 Å². The van der Waals surface area contributed by atoms with Crippen LogP contribution in [0, 0.1) is 17.5 Å². The highest BCUT2D eigenvalue weighted by Gasteiger charge is 2.44. The van der Waals surface area contributed by atoms with Crippen molar-refractivity contribution in [3.63, 3.8) is 0 Å². The van der Waals surface area contributed by atoms with Crippen LogP contribution >= 0.6 is 0 Å². The first kappa shape index (κ1) is 16.0. The molecule has 23 heavy (non-hydrogen) atoms. The molecular weight excluding hydrogens is 327 g/mol. The second-order valence-corrected chi connectivity index (χ2v) is 7.42. The van der Waals surface area contributed by atoms with E-state index in [9.17, 15) is 21.6 Å². The van der Waals surface area contributed by atoms with Crippen LogP contribution in [0.15, 0.2) is 47.4 Å². The highest BCUT2D eigenvalue weighted by atomic mass is 32.2. The van der Waals surface area contributed by atoms with E-state index in [1.165, 1.54) is 12.1 Å². The third-order valence-electron chi connectivity index (χ3n) is 4.09. The Balaban J connectivity index is 1.78. The van der Waals surface area contributed by atoms with Crippen molar-refractivity contribution < 1.29 is 21.6 Å². The van der Waals surface area contributed by atoms with Crippen molar-refractivity contribution >= 4 is 10.0 Å². The largest absolute Gasteiger partial charge is 0.243 e. The van der Waals surface area contributed by atoms with Gasteiger partial charge in [0.25, 0.3) is 0 Å². The van der Waals surface area contributed by atoms with Gasteiger partial charge in [-0.15, -0.1) is 0 Å². The van der Waals surface area contributed by atoms with Gasteiger partial charge in [0.2, 0.25) is 10.0 Å². The van der Waals surface area contributed by atoms with E-state index in [2.05, 4.69) is 4.72 Å². The Kier molecular flexibility index (Phi) is 3.93. The van der Waals surface area contributed by atoms with Gasteiger partial charge in [-0.3, -0.25) is 0 Å². The summed E-state index contributed by atoms with van der Waals surface area (Å²) < 4.78 is 66.3. The maximum absolute atomic E-state index is 13.6. The summed E-state index contributed by atoms with van der Waals surface area (Å²) >= 11 is 0. The first-order valence-corrected chi connectivity index (χ1v) is 8.52. The summed E-state index contributed by atoms with van der Waals surface area (Å²) in [6, 6.07) is 8.20. The van der Waals surface area contributed by atoms with E-state index in [1.54, 1.807) is 12.1 Å². The molecule has 0 amide bonds. The van der Waals surface area contributed by atoms with E-state index < -0.39 is 32.0 Å². The fourth-order valence-corrected chi connectivity index (χ4v) is 3.71. The maximum Gasteiger partial charge on any atom is 0.243 e. The predicted octanol–water partition coefficient (Wildman–Crippen LogP) is 3.11. The first-order chi connectivity index (χ1) is 10.8. The van der Waals surface area contributed by atoms with E-state index in [0.717, 1.165) is 30.5 Å². The zero-order chi connectivity index (χ0) is 16.7. The molecule has 0 atom stereocenters. The van der Waals surface area contributed by atoms with Crippen LogP contribution in [0.3, 0.4) is 0 Å². The van der Waals surface area contributed by atoms with Gasteiger partial charge in [0.1, 0.15) is 22.3 Å². The summed E-state index contributed by atoms with van der Waals surface area (Å²) in [7, 11) is -4.08. The molecule has 3 rings (SSSR count). The minimum absolute atomic E-state index is 0.0811. The highest BCUT2D eigenvalue weighted by molar-refractivity contribution is 7.89. The van der Waals surface area contributed by atoms with Gasteiger partial charge in [0.15, 0.2) is 0 Å². The van der Waals surface area contributed by atoms with Crippen LogP contribution in [0.5, 0.6) is 0 Å². The van der Waals surface area contributed by atoms with Crippen molar-refractivity contribution in [1.29, 1.82) is 0 Å². The number of nitrogens with one attached hydrogen (secondary N) is 1. The Morgan fingerprint density at radius 3 is 2.13 bits per heavy atom. The minimum Gasteiger partial charge on any atom is -0.210 e. The first-order valence-electron chi connectivity index (χ1n) is 7.03.